The van der Waals surface area contributed by atoms with Crippen LogP contribution in [0.15, 0.2) is 18.2 Å². The Kier molecular flexibility index (Phi) is 4.04. The normalized spacial score (nSPS) is 12.4. The Labute approximate surface area is 114 Å². The molecule has 1 atom stereocenters. The first-order valence-corrected chi connectivity index (χ1v) is 6.90. The number of carbonyl (C=O) groups is 1. The van der Waals surface area contributed by atoms with Gasteiger partial charge in [-0.25, -0.2) is 4.98 Å². The number of halogens is 1. The molecular weight excluding hydrogens is 270 g/mol. The summed E-state index contributed by atoms with van der Waals surface area (Å²) >= 11 is 7.41. The highest BCUT2D eigenvalue weighted by Crippen LogP contribution is 2.28. The lowest BCUT2D eigenvalue weighted by molar-refractivity contribution is -0.121. The molecule has 1 aromatic carbocycles. The lowest BCUT2D eigenvalue weighted by Crippen LogP contribution is -2.37. The maximum Gasteiger partial charge on any atom is 0.242 e. The maximum absolute atomic E-state index is 11.6. The largest absolute Gasteiger partial charge is 0.355 e. The van der Waals surface area contributed by atoms with Crippen molar-refractivity contribution in [3.63, 3.8) is 0 Å². The number of thiazole rings is 1. The number of hydrogen-bond donors (Lipinski definition) is 2. The molecule has 0 spiro atoms. The number of rotatable bonds is 4. The van der Waals surface area contributed by atoms with Crippen LogP contribution in [0.4, 0.5) is 5.13 Å². The monoisotopic (exact) mass is 283 g/mol. The van der Waals surface area contributed by atoms with E-state index >= 15 is 0 Å². The maximum atomic E-state index is 11.6. The van der Waals surface area contributed by atoms with Crippen LogP contribution in [-0.4, -0.2) is 23.5 Å². The fourth-order valence-corrected chi connectivity index (χ4v) is 2.64. The van der Waals surface area contributed by atoms with Gasteiger partial charge >= 0.3 is 0 Å². The van der Waals surface area contributed by atoms with Crippen molar-refractivity contribution in [2.24, 2.45) is 0 Å². The van der Waals surface area contributed by atoms with Gasteiger partial charge in [0.2, 0.25) is 5.91 Å². The molecule has 0 fully saturated rings. The molecule has 0 saturated carbocycles. The summed E-state index contributed by atoms with van der Waals surface area (Å²) in [6.45, 7) is 4.33. The van der Waals surface area contributed by atoms with Crippen molar-refractivity contribution in [3.8, 4) is 0 Å². The van der Waals surface area contributed by atoms with E-state index in [4.69, 9.17) is 11.6 Å². The Bertz CT molecular complexity index is 569. The number of amides is 1. The number of benzene rings is 1. The number of carbonyl (C=O) groups excluding carboxylic acids is 1. The fourth-order valence-electron chi connectivity index (χ4n) is 1.54. The average Bonchev–Trinajstić information content (AvgIpc) is 2.70. The molecule has 0 bridgehead atoms. The van der Waals surface area contributed by atoms with E-state index in [9.17, 15) is 4.79 Å². The molecule has 96 valence electrons. The van der Waals surface area contributed by atoms with Crippen LogP contribution in [0.3, 0.4) is 0 Å². The lowest BCUT2D eigenvalue weighted by atomic mass is 10.3. The molecule has 2 N–H and O–H groups in total. The third-order valence-electron chi connectivity index (χ3n) is 2.43. The Morgan fingerprint density at radius 3 is 3.06 bits per heavy atom. The number of fused-ring (bicyclic) bond motifs is 1. The first-order chi connectivity index (χ1) is 8.60. The summed E-state index contributed by atoms with van der Waals surface area (Å²) in [5.41, 5.74) is 0.845. The molecular formula is C12H14ClN3OS. The van der Waals surface area contributed by atoms with Gasteiger partial charge < -0.3 is 10.6 Å². The lowest BCUT2D eigenvalue weighted by Gasteiger charge is -2.11. The minimum atomic E-state index is -0.305. The van der Waals surface area contributed by atoms with Crippen LogP contribution in [0.2, 0.25) is 5.02 Å². The van der Waals surface area contributed by atoms with Crippen molar-refractivity contribution in [1.29, 1.82) is 0 Å². The highest BCUT2D eigenvalue weighted by molar-refractivity contribution is 7.22. The van der Waals surface area contributed by atoms with Crippen LogP contribution < -0.4 is 10.6 Å². The van der Waals surface area contributed by atoms with E-state index in [1.807, 2.05) is 32.0 Å². The molecule has 2 aromatic rings. The number of hydrogen-bond acceptors (Lipinski definition) is 4. The summed E-state index contributed by atoms with van der Waals surface area (Å²) in [7, 11) is 0. The van der Waals surface area contributed by atoms with Crippen molar-refractivity contribution < 1.29 is 4.79 Å². The van der Waals surface area contributed by atoms with Gasteiger partial charge in [0.25, 0.3) is 0 Å². The highest BCUT2D eigenvalue weighted by atomic mass is 35.5. The van der Waals surface area contributed by atoms with Gasteiger partial charge in [-0.2, -0.15) is 0 Å². The topological polar surface area (TPSA) is 54.0 Å². The molecule has 1 heterocycles. The smallest absolute Gasteiger partial charge is 0.242 e. The molecule has 0 aliphatic carbocycles. The predicted octanol–water partition coefficient (Wildman–Crippen LogP) is 2.89. The van der Waals surface area contributed by atoms with Crippen molar-refractivity contribution in [2.75, 3.05) is 11.9 Å². The van der Waals surface area contributed by atoms with Gasteiger partial charge in [0, 0.05) is 11.6 Å². The Morgan fingerprint density at radius 2 is 2.33 bits per heavy atom. The summed E-state index contributed by atoms with van der Waals surface area (Å²) in [5, 5.41) is 7.24. The second-order valence-electron chi connectivity index (χ2n) is 3.89. The van der Waals surface area contributed by atoms with Crippen LogP contribution in [0.25, 0.3) is 10.2 Å². The van der Waals surface area contributed by atoms with Crippen molar-refractivity contribution >= 4 is 44.2 Å². The van der Waals surface area contributed by atoms with Gasteiger partial charge in [-0.05, 0) is 32.0 Å². The summed E-state index contributed by atoms with van der Waals surface area (Å²) < 4.78 is 1.05. The van der Waals surface area contributed by atoms with Crippen LogP contribution >= 0.6 is 22.9 Å². The van der Waals surface area contributed by atoms with E-state index in [1.165, 1.54) is 11.3 Å². The van der Waals surface area contributed by atoms with Gasteiger partial charge in [0.05, 0.1) is 10.2 Å². The number of nitrogens with one attached hydrogen (secondary N) is 2. The van der Waals surface area contributed by atoms with E-state index in [2.05, 4.69) is 15.6 Å². The van der Waals surface area contributed by atoms with Gasteiger partial charge in [-0.1, -0.05) is 22.9 Å². The average molecular weight is 284 g/mol. The van der Waals surface area contributed by atoms with Crippen LogP contribution in [0, 0.1) is 0 Å². The van der Waals surface area contributed by atoms with Gasteiger partial charge in [-0.3, -0.25) is 4.79 Å². The van der Waals surface area contributed by atoms with E-state index in [0.29, 0.717) is 11.6 Å². The number of anilines is 1. The van der Waals surface area contributed by atoms with Crippen molar-refractivity contribution in [2.45, 2.75) is 19.9 Å². The number of nitrogens with zero attached hydrogens (tertiary/aromatic N) is 1. The SMILES string of the molecule is CCNC(=O)C(C)Nc1nc2cc(Cl)ccc2s1. The molecule has 0 aliphatic heterocycles. The number of aromatic nitrogens is 1. The third kappa shape index (κ3) is 2.91. The molecule has 1 unspecified atom stereocenters. The predicted molar refractivity (Wildman–Crippen MR) is 76.4 cm³/mol. The molecule has 2 rings (SSSR count). The summed E-state index contributed by atoms with van der Waals surface area (Å²) in [4.78, 5) is 16.0. The van der Waals surface area contributed by atoms with Gasteiger partial charge in [-0.15, -0.1) is 0 Å². The molecule has 1 amide bonds. The first-order valence-electron chi connectivity index (χ1n) is 5.70. The zero-order valence-corrected chi connectivity index (χ0v) is 11.7. The second-order valence-corrected chi connectivity index (χ2v) is 5.36. The van der Waals surface area contributed by atoms with Gasteiger partial charge in [0.15, 0.2) is 5.13 Å². The zero-order valence-electron chi connectivity index (χ0n) is 10.2. The quantitative estimate of drug-likeness (QED) is 0.907. The van der Waals surface area contributed by atoms with Gasteiger partial charge in [0.1, 0.15) is 6.04 Å². The molecule has 0 saturated heterocycles. The zero-order chi connectivity index (χ0) is 13.1. The number of likely N-dealkylation sites (N-methyl/N-ethyl adjacent to an activating group) is 1. The molecule has 18 heavy (non-hydrogen) atoms. The van der Waals surface area contributed by atoms with Crippen molar-refractivity contribution in [1.82, 2.24) is 10.3 Å². The minimum absolute atomic E-state index is 0.0326. The van der Waals surface area contributed by atoms with E-state index in [-0.39, 0.29) is 11.9 Å². The van der Waals surface area contributed by atoms with Crippen LogP contribution in [-0.2, 0) is 4.79 Å². The standard InChI is InChI=1S/C12H14ClN3OS/c1-3-14-11(17)7(2)15-12-16-9-6-8(13)4-5-10(9)18-12/h4-7H,3H2,1-2H3,(H,14,17)(H,15,16). The summed E-state index contributed by atoms with van der Waals surface area (Å²) in [6.07, 6.45) is 0. The molecule has 0 radical (unpaired) electrons. The minimum Gasteiger partial charge on any atom is -0.355 e. The van der Waals surface area contributed by atoms with Crippen LogP contribution in [0.1, 0.15) is 13.8 Å². The van der Waals surface area contributed by atoms with E-state index in [1.54, 1.807) is 0 Å². The van der Waals surface area contributed by atoms with E-state index < -0.39 is 0 Å². The first kappa shape index (κ1) is 13.1. The molecule has 0 aliphatic rings. The van der Waals surface area contributed by atoms with Crippen LogP contribution in [0.5, 0.6) is 0 Å². The van der Waals surface area contributed by atoms with Crippen molar-refractivity contribution in [3.05, 3.63) is 23.2 Å². The Balaban J connectivity index is 2.14. The summed E-state index contributed by atoms with van der Waals surface area (Å²) in [5.74, 6) is -0.0326. The second kappa shape index (κ2) is 5.54. The molecule has 6 heteroatoms. The molecule has 4 nitrogen and oxygen atoms in total. The highest BCUT2D eigenvalue weighted by Gasteiger charge is 2.13. The Hall–Kier alpha value is -1.33. The third-order valence-corrected chi connectivity index (χ3v) is 3.64. The summed E-state index contributed by atoms with van der Waals surface area (Å²) in [6, 6.07) is 5.27. The van der Waals surface area contributed by atoms with E-state index in [0.717, 1.165) is 15.3 Å². The Morgan fingerprint density at radius 1 is 1.56 bits per heavy atom. The fraction of sp³-hybridized carbons (Fsp3) is 0.333. The molecule has 1 aromatic heterocycles.